The summed E-state index contributed by atoms with van der Waals surface area (Å²) in [5.74, 6) is -2.04. The Bertz CT molecular complexity index is 899. The first-order valence-corrected chi connectivity index (χ1v) is 9.68. The smallest absolute Gasteiger partial charge is 0.407 e. The standard InChI is InChI=1S/C22H24N2O6/c1-13(20(26)24-19(10-11-25)21(27)28)23-22(29)30-12-18-16-8-4-2-6-14(16)15-7-3-5-9-17(15)18/h2-9,13,18-19,25H,10-12H2,1H3,(H,23,29)(H,24,26)(H,27,28). The summed E-state index contributed by atoms with van der Waals surface area (Å²) in [6.45, 7) is 1.15. The number of carbonyl (C=O) groups is 3. The van der Waals surface area contributed by atoms with Crippen molar-refractivity contribution in [3.63, 3.8) is 0 Å². The lowest BCUT2D eigenvalue weighted by atomic mass is 9.98. The van der Waals surface area contributed by atoms with Crippen LogP contribution in [0.1, 0.15) is 30.4 Å². The van der Waals surface area contributed by atoms with Gasteiger partial charge in [-0.2, -0.15) is 0 Å². The van der Waals surface area contributed by atoms with Crippen LogP contribution in [0.15, 0.2) is 48.5 Å². The largest absolute Gasteiger partial charge is 0.480 e. The lowest BCUT2D eigenvalue weighted by molar-refractivity contribution is -0.142. The molecule has 0 saturated carbocycles. The average molecular weight is 412 g/mol. The maximum Gasteiger partial charge on any atom is 0.407 e. The molecule has 2 atom stereocenters. The van der Waals surface area contributed by atoms with E-state index in [0.29, 0.717) is 0 Å². The SMILES string of the molecule is CC(NC(=O)OCC1c2ccccc2-c2ccccc21)C(=O)NC(CCO)C(=O)O. The molecule has 2 unspecified atom stereocenters. The van der Waals surface area contributed by atoms with Crippen LogP contribution < -0.4 is 10.6 Å². The van der Waals surface area contributed by atoms with Crippen molar-refractivity contribution in [1.82, 2.24) is 10.6 Å². The predicted molar refractivity (Wildman–Crippen MR) is 109 cm³/mol. The van der Waals surface area contributed by atoms with E-state index in [4.69, 9.17) is 14.9 Å². The average Bonchev–Trinajstić information content (AvgIpc) is 3.05. The minimum Gasteiger partial charge on any atom is -0.480 e. The van der Waals surface area contributed by atoms with Crippen molar-refractivity contribution >= 4 is 18.0 Å². The Morgan fingerprint density at radius 3 is 2.10 bits per heavy atom. The number of alkyl carbamates (subject to hydrolysis) is 1. The van der Waals surface area contributed by atoms with Crippen LogP contribution in [-0.2, 0) is 14.3 Å². The molecule has 8 nitrogen and oxygen atoms in total. The van der Waals surface area contributed by atoms with E-state index in [0.717, 1.165) is 22.3 Å². The van der Waals surface area contributed by atoms with E-state index in [9.17, 15) is 14.4 Å². The quantitative estimate of drug-likeness (QED) is 0.525. The first kappa shape index (κ1) is 21.3. The minimum absolute atomic E-state index is 0.103. The number of hydrogen-bond acceptors (Lipinski definition) is 5. The van der Waals surface area contributed by atoms with E-state index >= 15 is 0 Å². The number of amides is 2. The number of fused-ring (bicyclic) bond motifs is 3. The Balaban J connectivity index is 1.58. The Kier molecular flexibility index (Phi) is 6.68. The summed E-state index contributed by atoms with van der Waals surface area (Å²) in [4.78, 5) is 35.4. The van der Waals surface area contributed by atoms with Crippen LogP contribution in [0.2, 0.25) is 0 Å². The monoisotopic (exact) mass is 412 g/mol. The Hall–Kier alpha value is -3.39. The molecule has 1 aliphatic carbocycles. The fraction of sp³-hybridized carbons (Fsp3) is 0.318. The number of nitrogens with one attached hydrogen (secondary N) is 2. The normalized spacial score (nSPS) is 14.2. The number of benzene rings is 2. The van der Waals surface area contributed by atoms with Crippen molar-refractivity contribution in [2.45, 2.75) is 31.3 Å². The lowest BCUT2D eigenvalue weighted by Gasteiger charge is -2.19. The molecule has 0 bridgehead atoms. The summed E-state index contributed by atoms with van der Waals surface area (Å²) < 4.78 is 5.37. The summed E-state index contributed by atoms with van der Waals surface area (Å²) in [6, 6.07) is 13.7. The number of carboxylic acid groups (broad SMARTS) is 1. The van der Waals surface area contributed by atoms with Crippen LogP contribution in [0.4, 0.5) is 4.79 Å². The van der Waals surface area contributed by atoms with E-state index in [-0.39, 0.29) is 25.6 Å². The minimum atomic E-state index is -1.26. The molecule has 0 aliphatic heterocycles. The zero-order valence-corrected chi connectivity index (χ0v) is 16.5. The third-order valence-corrected chi connectivity index (χ3v) is 5.10. The van der Waals surface area contributed by atoms with E-state index in [1.165, 1.54) is 6.92 Å². The first-order chi connectivity index (χ1) is 14.4. The highest BCUT2D eigenvalue weighted by atomic mass is 16.5. The van der Waals surface area contributed by atoms with Gasteiger partial charge in [0.1, 0.15) is 18.7 Å². The van der Waals surface area contributed by atoms with Crippen LogP contribution in [0.5, 0.6) is 0 Å². The summed E-state index contributed by atoms with van der Waals surface area (Å²) in [5, 5.41) is 22.6. The van der Waals surface area contributed by atoms with Crippen LogP contribution >= 0.6 is 0 Å². The Labute approximate surface area is 173 Å². The highest BCUT2D eigenvalue weighted by molar-refractivity contribution is 5.89. The molecule has 0 aromatic heterocycles. The van der Waals surface area contributed by atoms with Crippen LogP contribution in [0, 0.1) is 0 Å². The highest BCUT2D eigenvalue weighted by Crippen LogP contribution is 2.44. The van der Waals surface area contributed by atoms with Gasteiger partial charge >= 0.3 is 12.1 Å². The number of carboxylic acids is 1. The molecule has 0 fully saturated rings. The molecule has 2 aromatic carbocycles. The van der Waals surface area contributed by atoms with Gasteiger partial charge in [-0.3, -0.25) is 4.79 Å². The zero-order valence-electron chi connectivity index (χ0n) is 16.5. The molecule has 30 heavy (non-hydrogen) atoms. The maximum atomic E-state index is 12.2. The molecular formula is C22H24N2O6. The summed E-state index contributed by atoms with van der Waals surface area (Å²) in [5.41, 5.74) is 4.37. The number of rotatable bonds is 8. The maximum absolute atomic E-state index is 12.2. The van der Waals surface area contributed by atoms with E-state index in [1.54, 1.807) is 0 Å². The molecule has 2 amide bonds. The number of carbonyl (C=O) groups excluding carboxylic acids is 2. The third-order valence-electron chi connectivity index (χ3n) is 5.10. The van der Waals surface area contributed by atoms with Crippen molar-refractivity contribution in [1.29, 1.82) is 0 Å². The second-order valence-corrected chi connectivity index (χ2v) is 7.10. The summed E-state index contributed by atoms with van der Waals surface area (Å²) in [7, 11) is 0. The summed E-state index contributed by atoms with van der Waals surface area (Å²) in [6.07, 6.45) is -0.896. The zero-order chi connectivity index (χ0) is 21.7. The van der Waals surface area contributed by atoms with Gasteiger partial charge in [-0.1, -0.05) is 48.5 Å². The van der Waals surface area contributed by atoms with Gasteiger partial charge in [0, 0.05) is 18.9 Å². The molecule has 0 radical (unpaired) electrons. The van der Waals surface area contributed by atoms with Gasteiger partial charge in [0.2, 0.25) is 5.91 Å². The Morgan fingerprint density at radius 2 is 1.57 bits per heavy atom. The fourth-order valence-electron chi connectivity index (χ4n) is 3.57. The first-order valence-electron chi connectivity index (χ1n) is 9.68. The molecule has 3 rings (SSSR count). The van der Waals surface area contributed by atoms with Crippen LogP contribution in [0.25, 0.3) is 11.1 Å². The van der Waals surface area contributed by atoms with Crippen LogP contribution in [0.3, 0.4) is 0 Å². The fourth-order valence-corrected chi connectivity index (χ4v) is 3.57. The molecule has 2 aromatic rings. The second kappa shape index (κ2) is 9.41. The molecule has 8 heteroatoms. The van der Waals surface area contributed by atoms with Gasteiger partial charge in [-0.15, -0.1) is 0 Å². The van der Waals surface area contributed by atoms with Gasteiger partial charge in [-0.05, 0) is 29.2 Å². The Morgan fingerprint density at radius 1 is 1.00 bits per heavy atom. The topological polar surface area (TPSA) is 125 Å². The predicted octanol–water partition coefficient (Wildman–Crippen LogP) is 1.87. The van der Waals surface area contributed by atoms with E-state index in [1.807, 2.05) is 48.5 Å². The molecule has 0 spiro atoms. The molecular weight excluding hydrogens is 388 g/mol. The number of aliphatic carboxylic acids is 1. The summed E-state index contributed by atoms with van der Waals surface area (Å²) >= 11 is 0. The van der Waals surface area contributed by atoms with E-state index < -0.39 is 30.1 Å². The molecule has 158 valence electrons. The number of ether oxygens (including phenoxy) is 1. The molecule has 1 aliphatic rings. The van der Waals surface area contributed by atoms with Crippen LogP contribution in [-0.4, -0.2) is 53.5 Å². The molecule has 0 heterocycles. The molecule has 4 N–H and O–H groups in total. The van der Waals surface area contributed by atoms with Gasteiger partial charge in [-0.25, -0.2) is 9.59 Å². The van der Waals surface area contributed by atoms with E-state index in [2.05, 4.69) is 10.6 Å². The van der Waals surface area contributed by atoms with Gasteiger partial charge in [0.15, 0.2) is 0 Å². The van der Waals surface area contributed by atoms with Crippen molar-refractivity contribution in [3.8, 4) is 11.1 Å². The number of aliphatic hydroxyl groups is 1. The highest BCUT2D eigenvalue weighted by Gasteiger charge is 2.29. The van der Waals surface area contributed by atoms with Gasteiger partial charge in [0.05, 0.1) is 0 Å². The second-order valence-electron chi connectivity index (χ2n) is 7.10. The lowest BCUT2D eigenvalue weighted by Crippen LogP contribution is -2.50. The molecule has 0 saturated heterocycles. The van der Waals surface area contributed by atoms with Gasteiger partial charge in [0.25, 0.3) is 0 Å². The van der Waals surface area contributed by atoms with Crippen molar-refractivity contribution < 1.29 is 29.3 Å². The third kappa shape index (κ3) is 4.60. The van der Waals surface area contributed by atoms with Crippen molar-refractivity contribution in [2.24, 2.45) is 0 Å². The van der Waals surface area contributed by atoms with Gasteiger partial charge < -0.3 is 25.6 Å². The number of aliphatic hydroxyl groups excluding tert-OH is 1. The van der Waals surface area contributed by atoms with Crippen molar-refractivity contribution in [3.05, 3.63) is 59.7 Å². The number of hydrogen-bond donors (Lipinski definition) is 4. The van der Waals surface area contributed by atoms with Crippen molar-refractivity contribution in [2.75, 3.05) is 13.2 Å².